The minimum Gasteiger partial charge on any atom is -0.376 e. The van der Waals surface area contributed by atoms with Crippen molar-refractivity contribution in [1.82, 2.24) is 5.32 Å². The summed E-state index contributed by atoms with van der Waals surface area (Å²) >= 11 is 0. The highest BCUT2D eigenvalue weighted by Gasteiger charge is 2.16. The molecule has 0 spiro atoms. The van der Waals surface area contributed by atoms with Gasteiger partial charge in [0.25, 0.3) is 5.91 Å². The molecule has 3 rings (SSSR count). The topological polar surface area (TPSA) is 62.7 Å². The van der Waals surface area contributed by atoms with Crippen molar-refractivity contribution >= 4 is 17.6 Å². The molecule has 5 heteroatoms. The van der Waals surface area contributed by atoms with Crippen LogP contribution in [0.25, 0.3) is 0 Å². The van der Waals surface area contributed by atoms with Gasteiger partial charge in [-0.05, 0) is 51.0 Å². The van der Waals surface area contributed by atoms with Crippen molar-refractivity contribution < 1.29 is 9.53 Å². The molecule has 0 unspecified atom stereocenters. The zero-order valence-corrected chi connectivity index (χ0v) is 15.3. The number of nitrogens with one attached hydrogen (secondary N) is 2. The molecule has 0 aliphatic carbocycles. The van der Waals surface area contributed by atoms with E-state index in [-0.39, 0.29) is 12.0 Å². The quantitative estimate of drug-likeness (QED) is 0.652. The van der Waals surface area contributed by atoms with Crippen LogP contribution >= 0.6 is 0 Å². The summed E-state index contributed by atoms with van der Waals surface area (Å²) in [6, 6.07) is 15.4. The Morgan fingerprint density at radius 3 is 2.35 bits per heavy atom. The molecule has 1 fully saturated rings. The summed E-state index contributed by atoms with van der Waals surface area (Å²) in [6.07, 6.45) is 2.20. The first kappa shape index (κ1) is 18.1. The van der Waals surface area contributed by atoms with Crippen LogP contribution in [0.1, 0.15) is 34.3 Å². The van der Waals surface area contributed by atoms with E-state index in [1.165, 1.54) is 5.56 Å². The molecule has 0 saturated carbocycles. The van der Waals surface area contributed by atoms with Gasteiger partial charge in [-0.15, -0.1) is 0 Å². The minimum atomic E-state index is -0.185. The Labute approximate surface area is 154 Å². The van der Waals surface area contributed by atoms with Gasteiger partial charge in [0.1, 0.15) is 0 Å². The van der Waals surface area contributed by atoms with Gasteiger partial charge in [-0.2, -0.15) is 0 Å². The van der Waals surface area contributed by atoms with Crippen molar-refractivity contribution in [3.05, 3.63) is 65.2 Å². The van der Waals surface area contributed by atoms with E-state index >= 15 is 0 Å². The molecule has 0 aromatic heterocycles. The summed E-state index contributed by atoms with van der Waals surface area (Å²) in [5.41, 5.74) is 3.78. The maximum absolute atomic E-state index is 12.5. The van der Waals surface area contributed by atoms with Crippen molar-refractivity contribution in [2.45, 2.75) is 32.8 Å². The molecule has 136 valence electrons. The molecule has 26 heavy (non-hydrogen) atoms. The molecule has 0 bridgehead atoms. The van der Waals surface area contributed by atoms with E-state index in [9.17, 15) is 4.79 Å². The number of aliphatic imine (C=N–C) groups is 1. The number of ether oxygens (including phenoxy) is 1. The molecule has 1 aliphatic heterocycles. The number of rotatable bonds is 4. The number of guanidine groups is 1. The molecule has 1 amide bonds. The SMILES string of the molecule is Cc1ccc(NC(=NC[C@H]2CCCO2)NC(=O)c2ccc(C)cc2)cc1. The molecule has 1 saturated heterocycles. The van der Waals surface area contributed by atoms with Gasteiger partial charge in [-0.3, -0.25) is 10.1 Å². The number of anilines is 1. The van der Waals surface area contributed by atoms with Crippen LogP contribution in [-0.2, 0) is 4.74 Å². The second-order valence-corrected chi connectivity index (χ2v) is 6.64. The molecule has 2 aromatic rings. The van der Waals surface area contributed by atoms with E-state index in [2.05, 4.69) is 15.6 Å². The highest BCUT2D eigenvalue weighted by atomic mass is 16.5. The summed E-state index contributed by atoms with van der Waals surface area (Å²) in [5.74, 6) is 0.255. The zero-order chi connectivity index (χ0) is 18.4. The smallest absolute Gasteiger partial charge is 0.257 e. The minimum absolute atomic E-state index is 0.126. The van der Waals surface area contributed by atoms with Crippen molar-refractivity contribution in [2.75, 3.05) is 18.5 Å². The summed E-state index contributed by atoms with van der Waals surface area (Å²) < 4.78 is 5.62. The van der Waals surface area contributed by atoms with Crippen molar-refractivity contribution in [3.8, 4) is 0 Å². The molecule has 2 N–H and O–H groups in total. The Morgan fingerprint density at radius 2 is 1.73 bits per heavy atom. The highest BCUT2D eigenvalue weighted by Crippen LogP contribution is 2.13. The van der Waals surface area contributed by atoms with Gasteiger partial charge in [0.05, 0.1) is 12.6 Å². The van der Waals surface area contributed by atoms with Crippen LogP contribution in [0.5, 0.6) is 0 Å². The molecule has 1 atom stereocenters. The second kappa shape index (κ2) is 8.63. The Kier molecular flexibility index (Phi) is 6.02. The second-order valence-electron chi connectivity index (χ2n) is 6.64. The maximum Gasteiger partial charge on any atom is 0.257 e. The molecule has 5 nitrogen and oxygen atoms in total. The van der Waals surface area contributed by atoms with Gasteiger partial charge in [-0.25, -0.2) is 4.99 Å². The highest BCUT2D eigenvalue weighted by molar-refractivity contribution is 6.09. The molecular formula is C21H25N3O2. The standard InChI is InChI=1S/C21H25N3O2/c1-15-5-9-17(10-6-15)20(25)24-21(22-14-19-4-3-13-26-19)23-18-11-7-16(2)8-12-18/h5-12,19H,3-4,13-14H2,1-2H3,(H2,22,23,24,25)/t19-/m1/s1. The van der Waals surface area contributed by atoms with Crippen molar-refractivity contribution in [2.24, 2.45) is 4.99 Å². The first-order chi connectivity index (χ1) is 12.6. The number of benzene rings is 2. The van der Waals surface area contributed by atoms with E-state index in [0.29, 0.717) is 18.1 Å². The van der Waals surface area contributed by atoms with Crippen LogP contribution in [0.15, 0.2) is 53.5 Å². The largest absolute Gasteiger partial charge is 0.376 e. The van der Waals surface area contributed by atoms with Gasteiger partial charge in [0, 0.05) is 17.9 Å². The molecule has 2 aromatic carbocycles. The van der Waals surface area contributed by atoms with Crippen LogP contribution < -0.4 is 10.6 Å². The predicted octanol–water partition coefficient (Wildman–Crippen LogP) is 3.68. The van der Waals surface area contributed by atoms with Crippen molar-refractivity contribution in [3.63, 3.8) is 0 Å². The number of carbonyl (C=O) groups is 1. The Bertz CT molecular complexity index is 761. The first-order valence-electron chi connectivity index (χ1n) is 8.98. The third kappa shape index (κ3) is 5.17. The van der Waals surface area contributed by atoms with Crippen molar-refractivity contribution in [1.29, 1.82) is 0 Å². The van der Waals surface area contributed by atoms with Gasteiger partial charge in [0.15, 0.2) is 0 Å². The van der Waals surface area contributed by atoms with Crippen LogP contribution in [0, 0.1) is 13.8 Å². The lowest BCUT2D eigenvalue weighted by Crippen LogP contribution is -2.36. The Balaban J connectivity index is 1.72. The Morgan fingerprint density at radius 1 is 1.08 bits per heavy atom. The molecule has 1 heterocycles. The maximum atomic E-state index is 12.5. The lowest BCUT2D eigenvalue weighted by molar-refractivity contribution is 0.0975. The number of hydrogen-bond donors (Lipinski definition) is 2. The third-order valence-electron chi connectivity index (χ3n) is 4.34. The number of carbonyl (C=O) groups excluding carboxylic acids is 1. The van der Waals surface area contributed by atoms with Crippen LogP contribution in [0.3, 0.4) is 0 Å². The summed E-state index contributed by atoms with van der Waals surface area (Å²) in [6.45, 7) is 5.35. The van der Waals surface area contributed by atoms with Gasteiger partial charge in [0.2, 0.25) is 5.96 Å². The lowest BCUT2D eigenvalue weighted by Gasteiger charge is -2.13. The first-order valence-corrected chi connectivity index (χ1v) is 8.98. The molecular weight excluding hydrogens is 326 g/mol. The third-order valence-corrected chi connectivity index (χ3v) is 4.34. The summed E-state index contributed by atoms with van der Waals surface area (Å²) in [7, 11) is 0. The fourth-order valence-electron chi connectivity index (χ4n) is 2.75. The Hall–Kier alpha value is -2.66. The normalized spacial score (nSPS) is 17.2. The van der Waals surface area contributed by atoms with Gasteiger partial charge < -0.3 is 10.1 Å². The van der Waals surface area contributed by atoms with Crippen LogP contribution in [0.2, 0.25) is 0 Å². The average Bonchev–Trinajstić information content (AvgIpc) is 3.15. The summed E-state index contributed by atoms with van der Waals surface area (Å²) in [4.78, 5) is 17.1. The van der Waals surface area contributed by atoms with Crippen LogP contribution in [0.4, 0.5) is 5.69 Å². The number of aryl methyl sites for hydroxylation is 2. The number of nitrogens with zero attached hydrogens (tertiary/aromatic N) is 1. The molecule has 0 radical (unpaired) electrons. The van der Waals surface area contributed by atoms with E-state index in [4.69, 9.17) is 4.74 Å². The zero-order valence-electron chi connectivity index (χ0n) is 15.3. The van der Waals surface area contributed by atoms with Crippen LogP contribution in [-0.4, -0.2) is 31.1 Å². The number of amides is 1. The van der Waals surface area contributed by atoms with Gasteiger partial charge >= 0.3 is 0 Å². The lowest BCUT2D eigenvalue weighted by atomic mass is 10.1. The summed E-state index contributed by atoms with van der Waals surface area (Å²) in [5, 5.41) is 6.09. The molecule has 1 aliphatic rings. The van der Waals surface area contributed by atoms with E-state index in [0.717, 1.165) is 30.7 Å². The number of hydrogen-bond acceptors (Lipinski definition) is 3. The van der Waals surface area contributed by atoms with Gasteiger partial charge in [-0.1, -0.05) is 35.4 Å². The van der Waals surface area contributed by atoms with E-state index in [1.807, 2.05) is 62.4 Å². The van der Waals surface area contributed by atoms with E-state index in [1.54, 1.807) is 0 Å². The average molecular weight is 351 g/mol. The fraction of sp³-hybridized carbons (Fsp3) is 0.333. The fourth-order valence-corrected chi connectivity index (χ4v) is 2.75. The monoisotopic (exact) mass is 351 g/mol. The van der Waals surface area contributed by atoms with E-state index < -0.39 is 0 Å². The predicted molar refractivity (Wildman–Crippen MR) is 105 cm³/mol.